The molecule has 0 aromatic heterocycles. The molecule has 1 aliphatic heterocycles. The lowest BCUT2D eigenvalue weighted by atomic mass is 9.98. The molecule has 0 bridgehead atoms. The molecule has 2 aliphatic rings. The van der Waals surface area contributed by atoms with Crippen molar-refractivity contribution in [1.82, 2.24) is 4.90 Å². The van der Waals surface area contributed by atoms with E-state index in [4.69, 9.17) is 5.73 Å². The van der Waals surface area contributed by atoms with E-state index in [1.165, 1.54) is 18.2 Å². The van der Waals surface area contributed by atoms with Gasteiger partial charge in [0.15, 0.2) is 0 Å². The minimum absolute atomic E-state index is 0. The Labute approximate surface area is 133 Å². The van der Waals surface area contributed by atoms with Gasteiger partial charge in [-0.15, -0.1) is 12.4 Å². The number of nitro benzene ring substituents is 1. The van der Waals surface area contributed by atoms with Gasteiger partial charge in [-0.05, 0) is 30.7 Å². The second-order valence-corrected chi connectivity index (χ2v) is 5.81. The zero-order valence-electron chi connectivity index (χ0n) is 11.8. The summed E-state index contributed by atoms with van der Waals surface area (Å²) in [7, 11) is 0. The van der Waals surface area contributed by atoms with E-state index in [1.807, 2.05) is 0 Å². The van der Waals surface area contributed by atoms with Crippen molar-refractivity contribution in [3.05, 3.63) is 33.9 Å². The topological polar surface area (TPSA) is 110 Å². The summed E-state index contributed by atoms with van der Waals surface area (Å²) in [5.74, 6) is -0.216. The minimum atomic E-state index is -0.694. The zero-order valence-corrected chi connectivity index (χ0v) is 12.7. The SMILES string of the molecule is Cl.NC1CCC2CN(C(=O)c3cccc([N+](=O)[O-])c3O)CC12. The smallest absolute Gasteiger partial charge is 0.311 e. The Hall–Kier alpha value is -1.86. The fourth-order valence-electron chi connectivity index (χ4n) is 3.49. The molecule has 1 amide bonds. The molecule has 3 unspecified atom stereocenters. The lowest BCUT2D eigenvalue weighted by Gasteiger charge is -2.19. The number of nitrogens with two attached hydrogens (primary N) is 1. The molecule has 1 aromatic carbocycles. The Balaban J connectivity index is 0.00000176. The normalized spacial score (nSPS) is 26.4. The number of likely N-dealkylation sites (tertiary alicyclic amines) is 1. The maximum atomic E-state index is 12.5. The number of nitrogens with zero attached hydrogens (tertiary/aromatic N) is 2. The summed E-state index contributed by atoms with van der Waals surface area (Å²) >= 11 is 0. The van der Waals surface area contributed by atoms with Gasteiger partial charge in [0.25, 0.3) is 5.91 Å². The van der Waals surface area contributed by atoms with Crippen molar-refractivity contribution in [3.63, 3.8) is 0 Å². The van der Waals surface area contributed by atoms with Gasteiger partial charge in [-0.25, -0.2) is 0 Å². The number of benzene rings is 1. The lowest BCUT2D eigenvalue weighted by molar-refractivity contribution is -0.385. The third-order valence-electron chi connectivity index (χ3n) is 4.64. The second-order valence-electron chi connectivity index (χ2n) is 5.81. The Bertz CT molecular complexity index is 610. The molecule has 1 aliphatic carbocycles. The third-order valence-corrected chi connectivity index (χ3v) is 4.64. The first kappa shape index (κ1) is 16.5. The van der Waals surface area contributed by atoms with Crippen molar-refractivity contribution >= 4 is 24.0 Å². The highest BCUT2D eigenvalue weighted by Gasteiger charge is 2.43. The third kappa shape index (κ3) is 2.62. The number of halogens is 1. The molecule has 120 valence electrons. The summed E-state index contributed by atoms with van der Waals surface area (Å²) in [6.45, 7) is 1.17. The molecule has 0 spiro atoms. The number of nitro groups is 1. The average molecular weight is 328 g/mol. The molecular weight excluding hydrogens is 310 g/mol. The molecule has 1 heterocycles. The van der Waals surface area contributed by atoms with Gasteiger partial charge < -0.3 is 15.7 Å². The molecule has 22 heavy (non-hydrogen) atoms. The summed E-state index contributed by atoms with van der Waals surface area (Å²) in [6, 6.07) is 4.12. The van der Waals surface area contributed by atoms with Gasteiger partial charge in [0.2, 0.25) is 5.75 Å². The average Bonchev–Trinajstić information content (AvgIpc) is 3.01. The van der Waals surface area contributed by atoms with Crippen LogP contribution in [0, 0.1) is 22.0 Å². The highest BCUT2D eigenvalue weighted by Crippen LogP contribution is 2.38. The molecule has 7 nitrogen and oxygen atoms in total. The van der Waals surface area contributed by atoms with Gasteiger partial charge in [0.05, 0.1) is 10.5 Å². The molecule has 1 saturated carbocycles. The van der Waals surface area contributed by atoms with Crippen molar-refractivity contribution in [3.8, 4) is 5.75 Å². The van der Waals surface area contributed by atoms with Crippen LogP contribution in [0.15, 0.2) is 18.2 Å². The number of amides is 1. The Morgan fingerprint density at radius 1 is 1.36 bits per heavy atom. The Morgan fingerprint density at radius 2 is 2.09 bits per heavy atom. The zero-order chi connectivity index (χ0) is 15.1. The van der Waals surface area contributed by atoms with Crippen LogP contribution < -0.4 is 5.73 Å². The van der Waals surface area contributed by atoms with E-state index in [1.54, 1.807) is 4.90 Å². The van der Waals surface area contributed by atoms with Gasteiger partial charge in [-0.1, -0.05) is 6.07 Å². The number of phenols is 1. The van der Waals surface area contributed by atoms with Crippen molar-refractivity contribution in [2.45, 2.75) is 18.9 Å². The monoisotopic (exact) mass is 327 g/mol. The largest absolute Gasteiger partial charge is 0.502 e. The number of carbonyl (C=O) groups is 1. The first-order valence-corrected chi connectivity index (χ1v) is 7.00. The van der Waals surface area contributed by atoms with Gasteiger partial charge in [0.1, 0.15) is 0 Å². The van der Waals surface area contributed by atoms with Crippen LogP contribution in [0.4, 0.5) is 5.69 Å². The summed E-state index contributed by atoms with van der Waals surface area (Å²) < 4.78 is 0. The lowest BCUT2D eigenvalue weighted by Crippen LogP contribution is -2.33. The van der Waals surface area contributed by atoms with Crippen LogP contribution in [0.5, 0.6) is 5.75 Å². The van der Waals surface area contributed by atoms with Crippen LogP contribution in [-0.2, 0) is 0 Å². The molecule has 3 rings (SSSR count). The molecule has 1 saturated heterocycles. The van der Waals surface area contributed by atoms with E-state index in [9.17, 15) is 20.0 Å². The maximum absolute atomic E-state index is 12.5. The van der Waals surface area contributed by atoms with Gasteiger partial charge >= 0.3 is 5.69 Å². The number of para-hydroxylation sites is 1. The van der Waals surface area contributed by atoms with Crippen LogP contribution in [0.25, 0.3) is 0 Å². The van der Waals surface area contributed by atoms with Crippen molar-refractivity contribution in [2.24, 2.45) is 17.6 Å². The van der Waals surface area contributed by atoms with E-state index in [-0.39, 0.29) is 29.9 Å². The number of hydrogen-bond donors (Lipinski definition) is 2. The number of aromatic hydroxyl groups is 1. The first-order valence-electron chi connectivity index (χ1n) is 7.00. The van der Waals surface area contributed by atoms with E-state index in [2.05, 4.69) is 0 Å². The highest BCUT2D eigenvalue weighted by atomic mass is 35.5. The van der Waals surface area contributed by atoms with E-state index >= 15 is 0 Å². The second kappa shape index (κ2) is 6.10. The Kier molecular flexibility index (Phi) is 4.58. The molecular formula is C14H18ClN3O4. The number of rotatable bonds is 2. The molecule has 2 fully saturated rings. The summed E-state index contributed by atoms with van der Waals surface area (Å²) in [6.07, 6.45) is 2.00. The predicted molar refractivity (Wildman–Crippen MR) is 82.1 cm³/mol. The Morgan fingerprint density at radius 3 is 2.73 bits per heavy atom. The number of hydrogen-bond acceptors (Lipinski definition) is 5. The van der Waals surface area contributed by atoms with Gasteiger partial charge in [-0.2, -0.15) is 0 Å². The quantitative estimate of drug-likeness (QED) is 0.632. The molecule has 1 aromatic rings. The van der Waals surface area contributed by atoms with Crippen molar-refractivity contribution in [2.75, 3.05) is 13.1 Å². The molecule has 3 atom stereocenters. The van der Waals surface area contributed by atoms with E-state index in [0.717, 1.165) is 12.8 Å². The fraction of sp³-hybridized carbons (Fsp3) is 0.500. The highest BCUT2D eigenvalue weighted by molar-refractivity contribution is 5.98. The number of phenolic OH excluding ortho intramolecular Hbond substituents is 1. The summed E-state index contributed by atoms with van der Waals surface area (Å²) in [4.78, 5) is 24.3. The maximum Gasteiger partial charge on any atom is 0.311 e. The van der Waals surface area contributed by atoms with Crippen LogP contribution >= 0.6 is 12.4 Å². The first-order chi connectivity index (χ1) is 9.99. The van der Waals surface area contributed by atoms with E-state index in [0.29, 0.717) is 24.9 Å². The van der Waals surface area contributed by atoms with Crippen molar-refractivity contribution < 1.29 is 14.8 Å². The standard InChI is InChI=1S/C14H17N3O4.ClH/c15-11-5-4-8-6-16(7-10(8)11)14(19)9-2-1-3-12(13(9)18)17(20)21;/h1-3,8,10-11,18H,4-7,15H2;1H. The van der Waals surface area contributed by atoms with Crippen LogP contribution in [0.2, 0.25) is 0 Å². The number of carbonyl (C=O) groups excluding carboxylic acids is 1. The summed E-state index contributed by atoms with van der Waals surface area (Å²) in [5, 5.41) is 20.8. The fourth-order valence-corrected chi connectivity index (χ4v) is 3.49. The molecule has 8 heteroatoms. The van der Waals surface area contributed by atoms with Gasteiger partial charge in [-0.3, -0.25) is 14.9 Å². The van der Waals surface area contributed by atoms with Crippen molar-refractivity contribution in [1.29, 1.82) is 0 Å². The van der Waals surface area contributed by atoms with E-state index < -0.39 is 16.4 Å². The molecule has 3 N–H and O–H groups in total. The predicted octanol–water partition coefficient (Wildman–Crippen LogP) is 1.53. The summed E-state index contributed by atoms with van der Waals surface area (Å²) in [5.41, 5.74) is 5.57. The molecule has 0 radical (unpaired) electrons. The van der Waals surface area contributed by atoms with Crippen LogP contribution in [-0.4, -0.2) is 40.0 Å². The number of fused-ring (bicyclic) bond motifs is 1. The minimum Gasteiger partial charge on any atom is -0.502 e. The van der Waals surface area contributed by atoms with Gasteiger partial charge in [0, 0.05) is 25.2 Å². The van der Waals surface area contributed by atoms with Crippen LogP contribution in [0.3, 0.4) is 0 Å². The van der Waals surface area contributed by atoms with Crippen LogP contribution in [0.1, 0.15) is 23.2 Å².